The lowest BCUT2D eigenvalue weighted by Crippen LogP contribution is -2.26. The summed E-state index contributed by atoms with van der Waals surface area (Å²) in [6.07, 6.45) is 2.52. The minimum atomic E-state index is 0.0549. The number of anilines is 2. The van der Waals surface area contributed by atoms with E-state index < -0.39 is 0 Å². The van der Waals surface area contributed by atoms with Gasteiger partial charge in [0.2, 0.25) is 0 Å². The van der Waals surface area contributed by atoms with Gasteiger partial charge < -0.3 is 15.0 Å². The van der Waals surface area contributed by atoms with Crippen molar-refractivity contribution >= 4 is 23.1 Å². The molecule has 0 aliphatic heterocycles. The molecule has 4 rings (SSSR count). The molecule has 1 aliphatic carbocycles. The highest BCUT2D eigenvalue weighted by Crippen LogP contribution is 2.38. The summed E-state index contributed by atoms with van der Waals surface area (Å²) >= 11 is 6.69. The Balaban J connectivity index is 1.74. The zero-order chi connectivity index (χ0) is 23.5. The van der Waals surface area contributed by atoms with Crippen molar-refractivity contribution in [2.24, 2.45) is 0 Å². The molecule has 0 radical (unpaired) electrons. The molecule has 6 heteroatoms. The first-order valence-electron chi connectivity index (χ1n) is 11.8. The van der Waals surface area contributed by atoms with Gasteiger partial charge in [-0.25, -0.2) is 9.97 Å². The maximum atomic E-state index is 6.69. The minimum Gasteiger partial charge on any atom is -0.378 e. The van der Waals surface area contributed by atoms with Gasteiger partial charge in [-0.2, -0.15) is 0 Å². The third kappa shape index (κ3) is 4.71. The normalized spacial score (nSPS) is 17.2. The molecule has 174 valence electrons. The first-order chi connectivity index (χ1) is 16.0. The number of halogens is 1. The molecule has 0 amide bonds. The summed E-state index contributed by atoms with van der Waals surface area (Å²) in [5.41, 5.74) is 7.34. The SMILES string of the molecule is CCOC1Cc2ccccc2C1Nc1nc(CC)c(-c2ccc(N(C)C)cc2Cl)nc1CC. The third-order valence-corrected chi connectivity index (χ3v) is 6.60. The predicted octanol–water partition coefficient (Wildman–Crippen LogP) is 6.10. The lowest BCUT2D eigenvalue weighted by molar-refractivity contribution is 0.0573. The largest absolute Gasteiger partial charge is 0.378 e. The molecule has 1 heterocycles. The summed E-state index contributed by atoms with van der Waals surface area (Å²) in [5.74, 6) is 0.838. The maximum Gasteiger partial charge on any atom is 0.148 e. The summed E-state index contributed by atoms with van der Waals surface area (Å²) in [7, 11) is 4.02. The summed E-state index contributed by atoms with van der Waals surface area (Å²) in [5, 5.41) is 4.39. The fraction of sp³-hybridized carbons (Fsp3) is 0.407. The number of aryl methyl sites for hydroxylation is 2. The van der Waals surface area contributed by atoms with Crippen molar-refractivity contribution in [1.82, 2.24) is 9.97 Å². The lowest BCUT2D eigenvalue weighted by Gasteiger charge is -2.24. The van der Waals surface area contributed by atoms with Crippen molar-refractivity contribution in [1.29, 1.82) is 0 Å². The number of benzene rings is 2. The highest BCUT2D eigenvalue weighted by molar-refractivity contribution is 6.33. The monoisotopic (exact) mass is 464 g/mol. The summed E-state index contributed by atoms with van der Waals surface area (Å²) in [6, 6.07) is 14.7. The standard InChI is InChI=1S/C27H33ClN4O/c1-6-22-25(20-14-13-18(32(4)5)16-21(20)28)29-23(7-2)27(30-22)31-26-19-12-10-9-11-17(19)15-24(26)33-8-3/h9-14,16,24,26H,6-8,15H2,1-5H3,(H,30,31). The Labute approximate surface area is 202 Å². The van der Waals surface area contributed by atoms with Crippen LogP contribution in [-0.2, 0) is 24.0 Å². The van der Waals surface area contributed by atoms with Gasteiger partial charge in [0.15, 0.2) is 0 Å². The van der Waals surface area contributed by atoms with Crippen LogP contribution in [0.1, 0.15) is 49.3 Å². The van der Waals surface area contributed by atoms with Crippen LogP contribution in [0, 0.1) is 0 Å². The van der Waals surface area contributed by atoms with Gasteiger partial charge >= 0.3 is 0 Å². The summed E-state index contributed by atoms with van der Waals surface area (Å²) in [4.78, 5) is 12.2. The fourth-order valence-corrected chi connectivity index (χ4v) is 4.81. The molecule has 1 aliphatic rings. The van der Waals surface area contributed by atoms with Crippen molar-refractivity contribution < 1.29 is 4.74 Å². The van der Waals surface area contributed by atoms with Crippen LogP contribution >= 0.6 is 11.6 Å². The van der Waals surface area contributed by atoms with E-state index in [4.69, 9.17) is 26.3 Å². The first-order valence-corrected chi connectivity index (χ1v) is 12.2. The molecule has 2 aromatic carbocycles. The van der Waals surface area contributed by atoms with E-state index in [9.17, 15) is 0 Å². The van der Waals surface area contributed by atoms with E-state index in [0.29, 0.717) is 11.6 Å². The summed E-state index contributed by atoms with van der Waals surface area (Å²) in [6.45, 7) is 6.96. The molecule has 0 saturated carbocycles. The first kappa shape index (κ1) is 23.5. The third-order valence-electron chi connectivity index (χ3n) is 6.29. The minimum absolute atomic E-state index is 0.0549. The highest BCUT2D eigenvalue weighted by atomic mass is 35.5. The van der Waals surface area contributed by atoms with Crippen LogP contribution in [0.4, 0.5) is 11.5 Å². The van der Waals surface area contributed by atoms with Crippen molar-refractivity contribution in [3.8, 4) is 11.3 Å². The topological polar surface area (TPSA) is 50.3 Å². The average Bonchev–Trinajstić information content (AvgIpc) is 3.16. The Kier molecular flexibility index (Phi) is 7.20. The van der Waals surface area contributed by atoms with Crippen molar-refractivity contribution in [3.63, 3.8) is 0 Å². The molecule has 0 saturated heterocycles. The second-order valence-corrected chi connectivity index (χ2v) is 9.01. The van der Waals surface area contributed by atoms with Crippen molar-refractivity contribution in [2.45, 2.75) is 52.2 Å². The Morgan fingerprint density at radius 2 is 1.79 bits per heavy atom. The van der Waals surface area contributed by atoms with Crippen LogP contribution in [0.2, 0.25) is 5.02 Å². The van der Waals surface area contributed by atoms with Crippen molar-refractivity contribution in [2.75, 3.05) is 30.9 Å². The Morgan fingerprint density at radius 3 is 2.45 bits per heavy atom. The number of hydrogen-bond acceptors (Lipinski definition) is 5. The molecular formula is C27H33ClN4O. The number of hydrogen-bond donors (Lipinski definition) is 1. The molecule has 0 spiro atoms. The maximum absolute atomic E-state index is 6.69. The molecule has 0 bridgehead atoms. The van der Waals surface area contributed by atoms with Crippen LogP contribution in [-0.4, -0.2) is 36.8 Å². The molecule has 3 aromatic rings. The molecular weight excluding hydrogens is 432 g/mol. The second-order valence-electron chi connectivity index (χ2n) is 8.60. The molecule has 2 unspecified atom stereocenters. The molecule has 1 aromatic heterocycles. The lowest BCUT2D eigenvalue weighted by atomic mass is 10.1. The highest BCUT2D eigenvalue weighted by Gasteiger charge is 2.33. The number of fused-ring (bicyclic) bond motifs is 1. The zero-order valence-electron chi connectivity index (χ0n) is 20.2. The molecule has 33 heavy (non-hydrogen) atoms. The molecule has 1 N–H and O–H groups in total. The second kappa shape index (κ2) is 10.1. The molecule has 0 fully saturated rings. The van der Waals surface area contributed by atoms with Crippen LogP contribution in [0.25, 0.3) is 11.3 Å². The predicted molar refractivity (Wildman–Crippen MR) is 137 cm³/mol. The fourth-order valence-electron chi connectivity index (χ4n) is 4.55. The average molecular weight is 465 g/mol. The van der Waals surface area contributed by atoms with Gasteiger partial charge in [0.1, 0.15) is 5.82 Å². The zero-order valence-corrected chi connectivity index (χ0v) is 20.9. The van der Waals surface area contributed by atoms with E-state index in [2.05, 4.69) is 49.5 Å². The van der Waals surface area contributed by atoms with E-state index in [-0.39, 0.29) is 12.1 Å². The van der Waals surface area contributed by atoms with Crippen molar-refractivity contribution in [3.05, 3.63) is 70.0 Å². The van der Waals surface area contributed by atoms with Gasteiger partial charge in [0.25, 0.3) is 0 Å². The number of nitrogens with one attached hydrogen (secondary N) is 1. The van der Waals surface area contributed by atoms with Crippen LogP contribution in [0.5, 0.6) is 0 Å². The Morgan fingerprint density at radius 1 is 1.03 bits per heavy atom. The van der Waals surface area contributed by atoms with Gasteiger partial charge in [0, 0.05) is 38.4 Å². The van der Waals surface area contributed by atoms with Gasteiger partial charge in [-0.3, -0.25) is 0 Å². The number of rotatable bonds is 8. The molecule has 5 nitrogen and oxygen atoms in total. The van der Waals surface area contributed by atoms with Crippen LogP contribution in [0.15, 0.2) is 42.5 Å². The quantitative estimate of drug-likeness (QED) is 0.436. The summed E-state index contributed by atoms with van der Waals surface area (Å²) < 4.78 is 6.11. The van der Waals surface area contributed by atoms with E-state index in [0.717, 1.165) is 53.4 Å². The molecule has 2 atom stereocenters. The van der Waals surface area contributed by atoms with Gasteiger partial charge in [0.05, 0.1) is 34.3 Å². The van der Waals surface area contributed by atoms with Crippen LogP contribution in [0.3, 0.4) is 0 Å². The Hall–Kier alpha value is -2.63. The number of aromatic nitrogens is 2. The van der Waals surface area contributed by atoms with Crippen LogP contribution < -0.4 is 10.2 Å². The smallest absolute Gasteiger partial charge is 0.148 e. The van der Waals surface area contributed by atoms with Gasteiger partial charge in [-0.05, 0) is 49.1 Å². The van der Waals surface area contributed by atoms with E-state index >= 15 is 0 Å². The van der Waals surface area contributed by atoms with Gasteiger partial charge in [-0.1, -0.05) is 49.7 Å². The number of nitrogens with zero attached hydrogens (tertiary/aromatic N) is 3. The number of ether oxygens (including phenoxy) is 1. The van der Waals surface area contributed by atoms with Gasteiger partial charge in [-0.15, -0.1) is 0 Å². The van der Waals surface area contributed by atoms with E-state index in [1.165, 1.54) is 11.1 Å². The Bertz CT molecular complexity index is 1130. The van der Waals surface area contributed by atoms with E-state index in [1.54, 1.807) is 0 Å². The van der Waals surface area contributed by atoms with E-state index in [1.807, 2.05) is 38.1 Å².